The van der Waals surface area contributed by atoms with Crippen molar-refractivity contribution in [1.29, 1.82) is 0 Å². The summed E-state index contributed by atoms with van der Waals surface area (Å²) in [7, 11) is 1.83. The minimum atomic E-state index is -0.838. The first-order valence-corrected chi connectivity index (χ1v) is 8.34. The number of carboxylic acid groups (broad SMARTS) is 1. The molecule has 3 aliphatic rings. The van der Waals surface area contributed by atoms with Gasteiger partial charge in [0, 0.05) is 19.6 Å². The van der Waals surface area contributed by atoms with Crippen LogP contribution in [0.15, 0.2) is 0 Å². The number of likely N-dealkylation sites (tertiary alicyclic amines) is 1. The number of rotatable bonds is 3. The van der Waals surface area contributed by atoms with Crippen molar-refractivity contribution in [2.45, 2.75) is 63.5 Å². The van der Waals surface area contributed by atoms with Crippen LogP contribution in [0.1, 0.15) is 51.4 Å². The molecule has 0 bridgehead atoms. The first-order valence-electron chi connectivity index (χ1n) is 8.34. The molecule has 3 rings (SSSR count). The molecule has 1 N–H and O–H groups in total. The fourth-order valence-corrected chi connectivity index (χ4v) is 4.29. The summed E-state index contributed by atoms with van der Waals surface area (Å²) >= 11 is 0. The van der Waals surface area contributed by atoms with Gasteiger partial charge in [0.05, 0.1) is 0 Å². The topological polar surface area (TPSA) is 60.9 Å². The fraction of sp³-hybridized carbons (Fsp3) is 0.875. The Morgan fingerprint density at radius 3 is 2.48 bits per heavy atom. The second kappa shape index (κ2) is 5.85. The Morgan fingerprint density at radius 1 is 1.14 bits per heavy atom. The van der Waals surface area contributed by atoms with Crippen molar-refractivity contribution >= 4 is 12.0 Å². The van der Waals surface area contributed by atoms with E-state index in [1.54, 1.807) is 9.80 Å². The Balaban J connectivity index is 1.72. The van der Waals surface area contributed by atoms with Crippen LogP contribution in [0.4, 0.5) is 4.79 Å². The highest BCUT2D eigenvalue weighted by Gasteiger charge is 2.48. The van der Waals surface area contributed by atoms with Gasteiger partial charge in [-0.15, -0.1) is 0 Å². The molecule has 0 radical (unpaired) electrons. The zero-order valence-corrected chi connectivity index (χ0v) is 12.8. The minimum absolute atomic E-state index is 0.0660. The Labute approximate surface area is 126 Å². The molecule has 5 heteroatoms. The van der Waals surface area contributed by atoms with Crippen LogP contribution in [0.2, 0.25) is 0 Å². The van der Waals surface area contributed by atoms with Crippen LogP contribution in [-0.2, 0) is 4.79 Å². The third-order valence-corrected chi connectivity index (χ3v) is 5.68. The lowest BCUT2D eigenvalue weighted by Gasteiger charge is -2.37. The number of carboxylic acids is 1. The number of aliphatic carboxylic acids is 1. The zero-order valence-electron chi connectivity index (χ0n) is 12.8. The summed E-state index contributed by atoms with van der Waals surface area (Å²) in [4.78, 5) is 27.8. The van der Waals surface area contributed by atoms with Gasteiger partial charge in [-0.05, 0) is 43.9 Å². The number of amides is 2. The SMILES string of the molecule is CN(CC1CCC1)C(=O)N1C(C(=O)O)CC2CCCCC21. The lowest BCUT2D eigenvalue weighted by molar-refractivity contribution is -0.141. The van der Waals surface area contributed by atoms with Gasteiger partial charge in [-0.3, -0.25) is 0 Å². The molecule has 5 nitrogen and oxygen atoms in total. The van der Waals surface area contributed by atoms with Gasteiger partial charge in [0.1, 0.15) is 6.04 Å². The molecule has 1 saturated heterocycles. The summed E-state index contributed by atoms with van der Waals surface area (Å²) in [5.74, 6) is 0.169. The maximum Gasteiger partial charge on any atom is 0.326 e. The molecule has 1 aliphatic heterocycles. The first kappa shape index (κ1) is 14.7. The number of carbonyl (C=O) groups excluding carboxylic acids is 1. The van der Waals surface area contributed by atoms with Crippen molar-refractivity contribution < 1.29 is 14.7 Å². The van der Waals surface area contributed by atoms with E-state index in [4.69, 9.17) is 0 Å². The van der Waals surface area contributed by atoms with Crippen LogP contribution in [0.25, 0.3) is 0 Å². The average Bonchev–Trinajstić information content (AvgIpc) is 2.81. The molecule has 0 aromatic heterocycles. The van der Waals surface area contributed by atoms with E-state index in [1.165, 1.54) is 25.7 Å². The molecule has 118 valence electrons. The molecule has 2 saturated carbocycles. The van der Waals surface area contributed by atoms with Crippen LogP contribution in [0, 0.1) is 11.8 Å². The highest BCUT2D eigenvalue weighted by atomic mass is 16.4. The molecule has 3 unspecified atom stereocenters. The molecule has 3 fully saturated rings. The molecule has 2 amide bonds. The van der Waals surface area contributed by atoms with Crippen LogP contribution < -0.4 is 0 Å². The van der Waals surface area contributed by atoms with Crippen LogP contribution in [0.3, 0.4) is 0 Å². The summed E-state index contributed by atoms with van der Waals surface area (Å²) < 4.78 is 0. The number of carbonyl (C=O) groups is 2. The molecule has 0 spiro atoms. The Hall–Kier alpha value is -1.26. The summed E-state index contributed by atoms with van der Waals surface area (Å²) in [6, 6.07) is -0.533. The van der Waals surface area contributed by atoms with E-state index in [2.05, 4.69) is 0 Å². The largest absolute Gasteiger partial charge is 0.480 e. The average molecular weight is 294 g/mol. The minimum Gasteiger partial charge on any atom is -0.480 e. The number of urea groups is 1. The number of fused-ring (bicyclic) bond motifs is 1. The molecule has 0 aromatic carbocycles. The quantitative estimate of drug-likeness (QED) is 0.870. The summed E-state index contributed by atoms with van der Waals surface area (Å²) in [6.45, 7) is 0.777. The van der Waals surface area contributed by atoms with Gasteiger partial charge < -0.3 is 14.9 Å². The maximum absolute atomic E-state index is 12.8. The second-order valence-corrected chi connectivity index (χ2v) is 7.07. The molecule has 2 aliphatic carbocycles. The van der Waals surface area contributed by atoms with Gasteiger partial charge in [-0.1, -0.05) is 19.3 Å². The normalized spacial score (nSPS) is 32.4. The van der Waals surface area contributed by atoms with Gasteiger partial charge in [0.15, 0.2) is 0 Å². The highest BCUT2D eigenvalue weighted by Crippen LogP contribution is 2.40. The van der Waals surface area contributed by atoms with E-state index in [0.29, 0.717) is 18.3 Å². The van der Waals surface area contributed by atoms with Crippen molar-refractivity contribution in [2.24, 2.45) is 11.8 Å². The number of nitrogens with zero attached hydrogens (tertiary/aromatic N) is 2. The van der Waals surface area contributed by atoms with Crippen molar-refractivity contribution in [1.82, 2.24) is 9.80 Å². The molecular formula is C16H26N2O3. The fourth-order valence-electron chi connectivity index (χ4n) is 4.29. The van der Waals surface area contributed by atoms with Crippen molar-refractivity contribution in [3.8, 4) is 0 Å². The molecule has 21 heavy (non-hydrogen) atoms. The first-order chi connectivity index (χ1) is 10.1. The standard InChI is InChI=1S/C16H26N2O3/c1-17(10-11-5-4-6-11)16(21)18-13-8-3-2-7-12(13)9-14(18)15(19)20/h11-14H,2-10H2,1H3,(H,19,20). The van der Waals surface area contributed by atoms with Gasteiger partial charge in [0.25, 0.3) is 0 Å². The smallest absolute Gasteiger partial charge is 0.326 e. The third-order valence-electron chi connectivity index (χ3n) is 5.68. The molecule has 1 heterocycles. The Morgan fingerprint density at radius 2 is 1.86 bits per heavy atom. The third kappa shape index (κ3) is 2.74. The van der Waals surface area contributed by atoms with Gasteiger partial charge >= 0.3 is 12.0 Å². The summed E-state index contributed by atoms with van der Waals surface area (Å²) in [5.41, 5.74) is 0. The Kier molecular flexibility index (Phi) is 4.09. The predicted molar refractivity (Wildman–Crippen MR) is 79.0 cm³/mol. The number of hydrogen-bond donors (Lipinski definition) is 1. The van der Waals surface area contributed by atoms with E-state index in [9.17, 15) is 14.7 Å². The van der Waals surface area contributed by atoms with Crippen molar-refractivity contribution in [2.75, 3.05) is 13.6 Å². The zero-order chi connectivity index (χ0) is 15.0. The molecular weight excluding hydrogens is 268 g/mol. The monoisotopic (exact) mass is 294 g/mol. The van der Waals surface area contributed by atoms with E-state index in [0.717, 1.165) is 25.8 Å². The summed E-state index contributed by atoms with van der Waals surface area (Å²) in [5, 5.41) is 9.49. The van der Waals surface area contributed by atoms with Gasteiger partial charge in [0.2, 0.25) is 0 Å². The lowest BCUT2D eigenvalue weighted by atomic mass is 9.84. The van der Waals surface area contributed by atoms with Gasteiger partial charge in [-0.2, -0.15) is 0 Å². The van der Waals surface area contributed by atoms with E-state index >= 15 is 0 Å². The summed E-state index contributed by atoms with van der Waals surface area (Å²) in [6.07, 6.45) is 8.64. The Bertz CT molecular complexity index is 422. The highest BCUT2D eigenvalue weighted by molar-refractivity contribution is 5.83. The second-order valence-electron chi connectivity index (χ2n) is 7.07. The van der Waals surface area contributed by atoms with E-state index in [1.807, 2.05) is 7.05 Å². The predicted octanol–water partition coefficient (Wildman–Crippen LogP) is 2.56. The number of hydrogen-bond acceptors (Lipinski definition) is 2. The van der Waals surface area contributed by atoms with E-state index in [-0.39, 0.29) is 12.1 Å². The molecule has 0 aromatic rings. The maximum atomic E-state index is 12.8. The van der Waals surface area contributed by atoms with Crippen LogP contribution in [-0.4, -0.2) is 52.6 Å². The van der Waals surface area contributed by atoms with Crippen molar-refractivity contribution in [3.63, 3.8) is 0 Å². The van der Waals surface area contributed by atoms with Gasteiger partial charge in [-0.25, -0.2) is 9.59 Å². The molecule has 3 atom stereocenters. The van der Waals surface area contributed by atoms with Crippen LogP contribution >= 0.6 is 0 Å². The van der Waals surface area contributed by atoms with Crippen molar-refractivity contribution in [3.05, 3.63) is 0 Å². The lowest BCUT2D eigenvalue weighted by Crippen LogP contribution is -2.52. The van der Waals surface area contributed by atoms with Crippen LogP contribution in [0.5, 0.6) is 0 Å². The van der Waals surface area contributed by atoms with E-state index < -0.39 is 12.0 Å².